The van der Waals surface area contributed by atoms with E-state index in [0.717, 1.165) is 5.39 Å². The number of carbonyl (C=O) groups excluding carboxylic acids is 1. The van der Waals surface area contributed by atoms with Crippen molar-refractivity contribution in [1.29, 1.82) is 0 Å². The third kappa shape index (κ3) is 3.48. The van der Waals surface area contributed by atoms with Crippen molar-refractivity contribution in [3.05, 3.63) is 42.0 Å². The molecular formula is C17H20ClNO2. The molecule has 2 aromatic carbocycles. The second-order valence-electron chi connectivity index (χ2n) is 5.48. The molecule has 21 heavy (non-hydrogen) atoms. The van der Waals surface area contributed by atoms with Crippen molar-refractivity contribution in [3.8, 4) is 5.75 Å². The van der Waals surface area contributed by atoms with E-state index in [9.17, 15) is 9.90 Å². The molecule has 1 amide bonds. The van der Waals surface area contributed by atoms with Crippen molar-refractivity contribution in [1.82, 2.24) is 5.32 Å². The Kier molecular flexibility index (Phi) is 5.07. The molecule has 0 bridgehead atoms. The molecule has 3 nitrogen and oxygen atoms in total. The molecule has 2 N–H and O–H groups in total. The normalized spacial score (nSPS) is 12.6. The van der Waals surface area contributed by atoms with Gasteiger partial charge in [-0.2, -0.15) is 0 Å². The second kappa shape index (κ2) is 6.81. The summed E-state index contributed by atoms with van der Waals surface area (Å²) in [6, 6.07) is 11.0. The molecule has 0 fully saturated rings. The van der Waals surface area contributed by atoms with Gasteiger partial charge < -0.3 is 10.4 Å². The maximum atomic E-state index is 12.4. The van der Waals surface area contributed by atoms with Gasteiger partial charge in [0, 0.05) is 17.3 Å². The maximum absolute atomic E-state index is 12.4. The summed E-state index contributed by atoms with van der Waals surface area (Å²) in [7, 11) is 0. The van der Waals surface area contributed by atoms with Crippen LogP contribution in [0.2, 0.25) is 0 Å². The topological polar surface area (TPSA) is 49.3 Å². The summed E-state index contributed by atoms with van der Waals surface area (Å²) in [6.07, 6.45) is 0.708. The van der Waals surface area contributed by atoms with Crippen LogP contribution in [0.15, 0.2) is 36.4 Å². The van der Waals surface area contributed by atoms with E-state index in [-0.39, 0.29) is 23.6 Å². The summed E-state index contributed by atoms with van der Waals surface area (Å²) < 4.78 is 0. The number of halogens is 1. The fraction of sp³-hybridized carbons (Fsp3) is 0.353. The number of aromatic hydroxyl groups is 1. The standard InChI is InChI=1S/C17H20ClNO2/c1-11(2)15(9-10-18)19-17(21)14-8-7-12-5-3-4-6-13(12)16(14)20/h3-8,11,15,20H,9-10H2,1-2H3,(H,19,21). The summed E-state index contributed by atoms with van der Waals surface area (Å²) in [5.74, 6) is 0.545. The number of rotatable bonds is 5. The molecule has 0 saturated carbocycles. The van der Waals surface area contributed by atoms with Gasteiger partial charge in [-0.05, 0) is 23.8 Å². The third-order valence-corrected chi connectivity index (χ3v) is 3.90. The van der Waals surface area contributed by atoms with Gasteiger partial charge >= 0.3 is 0 Å². The average molecular weight is 306 g/mol. The first kappa shape index (κ1) is 15.6. The van der Waals surface area contributed by atoms with Crippen LogP contribution in [-0.2, 0) is 0 Å². The van der Waals surface area contributed by atoms with Crippen molar-refractivity contribution in [2.75, 3.05) is 5.88 Å². The van der Waals surface area contributed by atoms with Crippen LogP contribution in [0.4, 0.5) is 0 Å². The fourth-order valence-electron chi connectivity index (χ4n) is 2.37. The van der Waals surface area contributed by atoms with Gasteiger partial charge in [0.15, 0.2) is 0 Å². The van der Waals surface area contributed by atoms with Crippen molar-refractivity contribution in [2.45, 2.75) is 26.3 Å². The van der Waals surface area contributed by atoms with E-state index in [1.165, 1.54) is 0 Å². The number of amides is 1. The van der Waals surface area contributed by atoms with E-state index in [1.807, 2.05) is 38.1 Å². The molecule has 112 valence electrons. The van der Waals surface area contributed by atoms with Crippen molar-refractivity contribution >= 4 is 28.3 Å². The van der Waals surface area contributed by atoms with Crippen molar-refractivity contribution < 1.29 is 9.90 Å². The quantitative estimate of drug-likeness (QED) is 0.822. The smallest absolute Gasteiger partial charge is 0.255 e. The number of hydrogen-bond donors (Lipinski definition) is 2. The second-order valence-corrected chi connectivity index (χ2v) is 5.86. The van der Waals surface area contributed by atoms with Crippen LogP contribution in [0.25, 0.3) is 10.8 Å². The lowest BCUT2D eigenvalue weighted by Crippen LogP contribution is -2.38. The number of hydrogen-bond acceptors (Lipinski definition) is 2. The third-order valence-electron chi connectivity index (χ3n) is 3.69. The first-order valence-electron chi connectivity index (χ1n) is 7.12. The van der Waals surface area contributed by atoms with Crippen LogP contribution in [-0.4, -0.2) is 22.9 Å². The van der Waals surface area contributed by atoms with Gasteiger partial charge in [0.1, 0.15) is 5.75 Å². The zero-order chi connectivity index (χ0) is 15.4. The Labute approximate surface area is 129 Å². The van der Waals surface area contributed by atoms with Crippen LogP contribution >= 0.6 is 11.6 Å². The lowest BCUT2D eigenvalue weighted by atomic mass is 10.00. The lowest BCUT2D eigenvalue weighted by molar-refractivity contribution is 0.0922. The molecule has 1 atom stereocenters. The van der Waals surface area contributed by atoms with Gasteiger partial charge in [-0.1, -0.05) is 44.2 Å². The minimum atomic E-state index is -0.262. The average Bonchev–Trinajstić information content (AvgIpc) is 2.47. The molecule has 4 heteroatoms. The molecule has 0 radical (unpaired) electrons. The van der Waals surface area contributed by atoms with E-state index in [2.05, 4.69) is 5.32 Å². The van der Waals surface area contributed by atoms with E-state index < -0.39 is 0 Å². The molecule has 0 spiro atoms. The number of benzene rings is 2. The van der Waals surface area contributed by atoms with Crippen LogP contribution < -0.4 is 5.32 Å². The van der Waals surface area contributed by atoms with Crippen LogP contribution in [0.3, 0.4) is 0 Å². The molecule has 0 aliphatic rings. The first-order valence-corrected chi connectivity index (χ1v) is 7.65. The SMILES string of the molecule is CC(C)C(CCCl)NC(=O)c1ccc2ccccc2c1O. The summed E-state index contributed by atoms with van der Waals surface area (Å²) >= 11 is 5.78. The van der Waals surface area contributed by atoms with E-state index in [1.54, 1.807) is 12.1 Å². The highest BCUT2D eigenvalue weighted by Crippen LogP contribution is 2.28. The Morgan fingerprint density at radius 3 is 2.62 bits per heavy atom. The number of alkyl halides is 1. The highest BCUT2D eigenvalue weighted by atomic mass is 35.5. The molecule has 0 aliphatic carbocycles. The van der Waals surface area contributed by atoms with Crippen LogP contribution in [0.1, 0.15) is 30.6 Å². The number of fused-ring (bicyclic) bond motifs is 1. The van der Waals surface area contributed by atoms with Gasteiger partial charge in [0.2, 0.25) is 0 Å². The number of phenols is 1. The summed E-state index contributed by atoms with van der Waals surface area (Å²) in [4.78, 5) is 12.4. The van der Waals surface area contributed by atoms with Crippen LogP contribution in [0, 0.1) is 5.92 Å². The molecule has 0 aromatic heterocycles. The Balaban J connectivity index is 2.29. The Morgan fingerprint density at radius 1 is 1.24 bits per heavy atom. The largest absolute Gasteiger partial charge is 0.506 e. The molecular weight excluding hydrogens is 286 g/mol. The first-order chi connectivity index (χ1) is 10.0. The predicted molar refractivity (Wildman–Crippen MR) is 87.0 cm³/mol. The lowest BCUT2D eigenvalue weighted by Gasteiger charge is -2.21. The Hall–Kier alpha value is -1.74. The molecule has 0 saturated heterocycles. The van der Waals surface area contributed by atoms with E-state index in [0.29, 0.717) is 23.3 Å². The maximum Gasteiger partial charge on any atom is 0.255 e. The summed E-state index contributed by atoms with van der Waals surface area (Å²) in [6.45, 7) is 4.08. The van der Waals surface area contributed by atoms with Crippen LogP contribution in [0.5, 0.6) is 5.75 Å². The van der Waals surface area contributed by atoms with Crippen molar-refractivity contribution in [2.24, 2.45) is 5.92 Å². The van der Waals surface area contributed by atoms with Crippen molar-refractivity contribution in [3.63, 3.8) is 0 Å². The Morgan fingerprint density at radius 2 is 1.95 bits per heavy atom. The summed E-state index contributed by atoms with van der Waals surface area (Å²) in [5.41, 5.74) is 0.300. The summed E-state index contributed by atoms with van der Waals surface area (Å²) in [5, 5.41) is 14.9. The van der Waals surface area contributed by atoms with E-state index >= 15 is 0 Å². The highest BCUT2D eigenvalue weighted by Gasteiger charge is 2.19. The molecule has 1 unspecified atom stereocenters. The van der Waals surface area contributed by atoms with Gasteiger partial charge in [-0.15, -0.1) is 11.6 Å². The van der Waals surface area contributed by atoms with Gasteiger partial charge in [-0.3, -0.25) is 4.79 Å². The van der Waals surface area contributed by atoms with Gasteiger partial charge in [0.05, 0.1) is 5.56 Å². The zero-order valence-corrected chi connectivity index (χ0v) is 13.0. The molecule has 2 aromatic rings. The number of phenolic OH excluding ortho intramolecular Hbond substituents is 1. The number of nitrogens with one attached hydrogen (secondary N) is 1. The van der Waals surface area contributed by atoms with Gasteiger partial charge in [0.25, 0.3) is 5.91 Å². The highest BCUT2D eigenvalue weighted by molar-refractivity contribution is 6.17. The fourth-order valence-corrected chi connectivity index (χ4v) is 2.61. The zero-order valence-electron chi connectivity index (χ0n) is 12.3. The minimum Gasteiger partial charge on any atom is -0.506 e. The number of carbonyl (C=O) groups is 1. The minimum absolute atomic E-state index is 0.000806. The monoisotopic (exact) mass is 305 g/mol. The molecule has 0 heterocycles. The predicted octanol–water partition coefficient (Wildman–Crippen LogP) is 3.93. The van der Waals surface area contributed by atoms with E-state index in [4.69, 9.17) is 11.6 Å². The molecule has 2 rings (SSSR count). The Bertz CT molecular complexity index is 640. The van der Waals surface area contributed by atoms with Gasteiger partial charge in [-0.25, -0.2) is 0 Å². The molecule has 0 aliphatic heterocycles.